The number of nitrogens with zero attached hydrogens (tertiary/aromatic N) is 2. The zero-order valence-electron chi connectivity index (χ0n) is 14.9. The summed E-state index contributed by atoms with van der Waals surface area (Å²) in [4.78, 5) is 16.2. The van der Waals surface area contributed by atoms with Crippen molar-refractivity contribution < 1.29 is 14.3 Å². The van der Waals surface area contributed by atoms with E-state index in [0.717, 1.165) is 25.9 Å². The molecule has 1 aromatic rings. The lowest BCUT2D eigenvalue weighted by molar-refractivity contribution is 0.0803. The standard InChI is InChI=1S/C19H28FN3O2/c1-2-17(22-9-7-15-5-3-4-6-16(15)12-22)11-21-18(25)23-10-8-19(20,13-23)14-24/h3-6,17,24H,2,7-14H2,1H3,(H,21,25). The average molecular weight is 349 g/mol. The van der Waals surface area contributed by atoms with Gasteiger partial charge in [-0.2, -0.15) is 0 Å². The number of fused-ring (bicyclic) bond motifs is 1. The Bertz CT molecular complexity index is 612. The topological polar surface area (TPSA) is 55.8 Å². The van der Waals surface area contributed by atoms with Crippen molar-refractivity contribution in [2.45, 2.75) is 44.4 Å². The van der Waals surface area contributed by atoms with Crippen LogP contribution in [0.2, 0.25) is 0 Å². The second-order valence-electron chi connectivity index (χ2n) is 7.22. The van der Waals surface area contributed by atoms with Gasteiger partial charge in [0.1, 0.15) is 0 Å². The number of amides is 2. The molecule has 1 aromatic carbocycles. The Morgan fingerprint density at radius 1 is 1.36 bits per heavy atom. The van der Waals surface area contributed by atoms with E-state index in [1.54, 1.807) is 0 Å². The number of likely N-dealkylation sites (tertiary alicyclic amines) is 1. The number of halogens is 1. The van der Waals surface area contributed by atoms with Crippen LogP contribution in [0.5, 0.6) is 0 Å². The second kappa shape index (κ2) is 7.70. The van der Waals surface area contributed by atoms with Crippen molar-refractivity contribution in [2.24, 2.45) is 0 Å². The normalized spacial score (nSPS) is 24.8. The van der Waals surface area contributed by atoms with Crippen LogP contribution in [0.3, 0.4) is 0 Å². The molecule has 0 aromatic heterocycles. The highest BCUT2D eigenvalue weighted by atomic mass is 19.1. The predicted molar refractivity (Wildman–Crippen MR) is 95.1 cm³/mol. The smallest absolute Gasteiger partial charge is 0.317 e. The van der Waals surface area contributed by atoms with E-state index in [-0.39, 0.29) is 25.0 Å². The third-order valence-electron chi connectivity index (χ3n) is 5.51. The molecule has 2 aliphatic heterocycles. The molecule has 0 saturated carbocycles. The first-order chi connectivity index (χ1) is 12.0. The molecule has 1 saturated heterocycles. The summed E-state index contributed by atoms with van der Waals surface area (Å²) < 4.78 is 14.1. The molecule has 138 valence electrons. The van der Waals surface area contributed by atoms with Crippen molar-refractivity contribution in [3.8, 4) is 0 Å². The molecule has 0 aliphatic carbocycles. The van der Waals surface area contributed by atoms with Crippen LogP contribution in [0.15, 0.2) is 24.3 Å². The number of carbonyl (C=O) groups excluding carboxylic acids is 1. The van der Waals surface area contributed by atoms with Gasteiger partial charge in [-0.15, -0.1) is 0 Å². The van der Waals surface area contributed by atoms with Crippen molar-refractivity contribution in [2.75, 3.05) is 32.8 Å². The van der Waals surface area contributed by atoms with Crippen molar-refractivity contribution in [3.63, 3.8) is 0 Å². The number of aliphatic hydroxyl groups is 1. The summed E-state index contributed by atoms with van der Waals surface area (Å²) in [5, 5.41) is 12.0. The predicted octanol–water partition coefficient (Wildman–Crippen LogP) is 1.94. The highest BCUT2D eigenvalue weighted by Crippen LogP contribution is 2.25. The highest BCUT2D eigenvalue weighted by molar-refractivity contribution is 5.74. The van der Waals surface area contributed by atoms with Gasteiger partial charge in [-0.25, -0.2) is 9.18 Å². The lowest BCUT2D eigenvalue weighted by Gasteiger charge is -2.35. The number of alkyl halides is 1. The summed E-state index contributed by atoms with van der Waals surface area (Å²) in [7, 11) is 0. The molecular weight excluding hydrogens is 321 g/mol. The van der Waals surface area contributed by atoms with E-state index in [9.17, 15) is 9.18 Å². The van der Waals surface area contributed by atoms with E-state index in [1.165, 1.54) is 16.0 Å². The van der Waals surface area contributed by atoms with Gasteiger partial charge in [0.15, 0.2) is 5.67 Å². The summed E-state index contributed by atoms with van der Waals surface area (Å²) in [6.07, 6.45) is 2.19. The summed E-state index contributed by atoms with van der Waals surface area (Å²) in [6.45, 7) is 4.40. The van der Waals surface area contributed by atoms with Crippen LogP contribution >= 0.6 is 0 Å². The van der Waals surface area contributed by atoms with Gasteiger partial charge >= 0.3 is 6.03 Å². The Labute approximate surface area is 148 Å². The Morgan fingerprint density at radius 3 is 2.80 bits per heavy atom. The molecule has 2 atom stereocenters. The van der Waals surface area contributed by atoms with Crippen LogP contribution in [0.25, 0.3) is 0 Å². The molecule has 3 rings (SSSR count). The maximum absolute atomic E-state index is 14.1. The third kappa shape index (κ3) is 4.12. The van der Waals surface area contributed by atoms with E-state index in [4.69, 9.17) is 5.11 Å². The number of benzene rings is 1. The molecule has 5 nitrogen and oxygen atoms in total. The number of hydrogen-bond donors (Lipinski definition) is 2. The van der Waals surface area contributed by atoms with Gasteiger partial charge < -0.3 is 15.3 Å². The van der Waals surface area contributed by atoms with E-state index in [0.29, 0.717) is 13.1 Å². The molecule has 0 spiro atoms. The fourth-order valence-corrected chi connectivity index (χ4v) is 3.82. The zero-order valence-corrected chi connectivity index (χ0v) is 14.9. The Hall–Kier alpha value is -1.66. The zero-order chi connectivity index (χ0) is 17.9. The first kappa shape index (κ1) is 18.1. The number of rotatable bonds is 5. The molecule has 2 amide bonds. The Morgan fingerprint density at radius 2 is 2.12 bits per heavy atom. The molecule has 2 N–H and O–H groups in total. The van der Waals surface area contributed by atoms with Gasteiger partial charge in [-0.05, 0) is 24.0 Å². The van der Waals surface area contributed by atoms with Gasteiger partial charge in [0, 0.05) is 38.6 Å². The van der Waals surface area contributed by atoms with Gasteiger partial charge in [0.05, 0.1) is 13.2 Å². The minimum absolute atomic E-state index is 0.0246. The monoisotopic (exact) mass is 349 g/mol. The molecule has 0 radical (unpaired) electrons. The van der Waals surface area contributed by atoms with Crippen LogP contribution in [-0.2, 0) is 13.0 Å². The van der Waals surface area contributed by atoms with Crippen LogP contribution in [0, 0.1) is 0 Å². The highest BCUT2D eigenvalue weighted by Gasteiger charge is 2.39. The third-order valence-corrected chi connectivity index (χ3v) is 5.51. The van der Waals surface area contributed by atoms with Crippen molar-refractivity contribution in [3.05, 3.63) is 35.4 Å². The van der Waals surface area contributed by atoms with E-state index >= 15 is 0 Å². The quantitative estimate of drug-likeness (QED) is 0.854. The van der Waals surface area contributed by atoms with Crippen LogP contribution < -0.4 is 5.32 Å². The fourth-order valence-electron chi connectivity index (χ4n) is 3.82. The number of aliphatic hydroxyl groups excluding tert-OH is 1. The minimum Gasteiger partial charge on any atom is -0.393 e. The van der Waals surface area contributed by atoms with Gasteiger partial charge in [-0.1, -0.05) is 31.2 Å². The number of nitrogens with one attached hydrogen (secondary N) is 1. The Balaban J connectivity index is 1.52. The van der Waals surface area contributed by atoms with Crippen LogP contribution in [0.1, 0.15) is 30.9 Å². The maximum atomic E-state index is 14.1. The van der Waals surface area contributed by atoms with Crippen molar-refractivity contribution in [1.29, 1.82) is 0 Å². The van der Waals surface area contributed by atoms with Crippen LogP contribution in [-0.4, -0.2) is 65.4 Å². The molecule has 2 unspecified atom stereocenters. The largest absolute Gasteiger partial charge is 0.393 e. The maximum Gasteiger partial charge on any atom is 0.317 e. The van der Waals surface area contributed by atoms with Gasteiger partial charge in [0.2, 0.25) is 0 Å². The van der Waals surface area contributed by atoms with E-state index in [2.05, 4.69) is 41.4 Å². The first-order valence-corrected chi connectivity index (χ1v) is 9.18. The number of carbonyl (C=O) groups is 1. The molecule has 2 heterocycles. The average Bonchev–Trinajstić information content (AvgIpc) is 3.05. The number of hydrogen-bond acceptors (Lipinski definition) is 3. The molecular formula is C19H28FN3O2. The second-order valence-corrected chi connectivity index (χ2v) is 7.22. The minimum atomic E-state index is -1.64. The van der Waals surface area contributed by atoms with E-state index < -0.39 is 12.3 Å². The summed E-state index contributed by atoms with van der Waals surface area (Å²) in [6, 6.07) is 8.55. The first-order valence-electron chi connectivity index (χ1n) is 9.18. The molecule has 1 fully saturated rings. The molecule has 25 heavy (non-hydrogen) atoms. The lowest BCUT2D eigenvalue weighted by atomic mass is 9.98. The lowest BCUT2D eigenvalue weighted by Crippen LogP contribution is -2.49. The Kier molecular flexibility index (Phi) is 5.59. The SMILES string of the molecule is CCC(CNC(=O)N1CCC(F)(CO)C1)N1CCc2ccccc2C1. The number of urea groups is 1. The summed E-state index contributed by atoms with van der Waals surface area (Å²) >= 11 is 0. The summed E-state index contributed by atoms with van der Waals surface area (Å²) in [5.41, 5.74) is 1.14. The van der Waals surface area contributed by atoms with Crippen LogP contribution in [0.4, 0.5) is 9.18 Å². The van der Waals surface area contributed by atoms with Crippen molar-refractivity contribution >= 4 is 6.03 Å². The molecule has 6 heteroatoms. The summed E-state index contributed by atoms with van der Waals surface area (Å²) in [5.74, 6) is 0. The van der Waals surface area contributed by atoms with E-state index in [1.807, 2.05) is 0 Å². The molecule has 0 bridgehead atoms. The van der Waals surface area contributed by atoms with Gasteiger partial charge in [-0.3, -0.25) is 4.90 Å². The molecule has 2 aliphatic rings. The van der Waals surface area contributed by atoms with Gasteiger partial charge in [0.25, 0.3) is 0 Å². The fraction of sp³-hybridized carbons (Fsp3) is 0.632. The van der Waals surface area contributed by atoms with Crippen molar-refractivity contribution in [1.82, 2.24) is 15.1 Å².